The normalized spacial score (nSPS) is 11.6. The van der Waals surface area contributed by atoms with E-state index in [4.69, 9.17) is 17.7 Å². The van der Waals surface area contributed by atoms with Crippen LogP contribution in [-0.2, 0) is 32.1 Å². The van der Waals surface area contributed by atoms with Crippen molar-refractivity contribution in [2.75, 3.05) is 6.61 Å². The van der Waals surface area contributed by atoms with Gasteiger partial charge in [-0.25, -0.2) is 0 Å². The van der Waals surface area contributed by atoms with E-state index in [0.29, 0.717) is 25.7 Å². The van der Waals surface area contributed by atoms with Crippen LogP contribution in [0.3, 0.4) is 0 Å². The van der Waals surface area contributed by atoms with Gasteiger partial charge in [-0.3, -0.25) is 14.4 Å². The summed E-state index contributed by atoms with van der Waals surface area (Å²) in [4.78, 5) is 39.9. The number of hydrogen-bond acceptors (Lipinski definition) is 7. The van der Waals surface area contributed by atoms with Crippen LogP contribution < -0.4 is 0 Å². The highest BCUT2D eigenvalue weighted by molar-refractivity contribution is 6.59. The smallest absolute Gasteiger partial charge is 0.433 e. The van der Waals surface area contributed by atoms with Gasteiger partial charge in [-0.15, -0.1) is 0 Å². The molecule has 0 aliphatic rings. The van der Waals surface area contributed by atoms with Crippen LogP contribution in [0.4, 0.5) is 0 Å². The number of carbonyl (C=O) groups is 3. The lowest BCUT2D eigenvalue weighted by molar-refractivity contribution is -0.159. The van der Waals surface area contributed by atoms with Crippen molar-refractivity contribution in [1.82, 2.24) is 0 Å². The van der Waals surface area contributed by atoms with Gasteiger partial charge >= 0.3 is 9.05 Å². The summed E-state index contributed by atoms with van der Waals surface area (Å²) in [5.41, 5.74) is 0. The molecule has 0 bridgehead atoms. The highest BCUT2D eigenvalue weighted by Gasteiger charge is 2.58. The molecule has 0 atom stereocenters. The van der Waals surface area contributed by atoms with E-state index >= 15 is 0 Å². The molecule has 0 unspecified atom stereocenters. The van der Waals surface area contributed by atoms with E-state index in [2.05, 4.69) is 20.8 Å². The zero-order chi connectivity index (χ0) is 47.4. The zero-order valence-electron chi connectivity index (χ0n) is 44.2. The Morgan fingerprint density at radius 3 is 0.585 bits per heavy atom. The standard InChI is InChI=1S/C57H112O7Si/c1-5-9-12-15-18-21-24-27-30-33-36-39-42-45-48-51-55(58)62-65(61-54-8-4,63-56(59)52-49-46-43-40-37-34-31-28-25-22-19-16-13-10-6-2)64-57(60)53-50-47-44-41-38-35-32-29-26-23-20-17-14-11-7-3/h5-54H2,1-4H3. The molecule has 0 N–H and O–H groups in total. The van der Waals surface area contributed by atoms with E-state index < -0.39 is 27.0 Å². The van der Waals surface area contributed by atoms with Gasteiger partial charge in [0.1, 0.15) is 0 Å². The summed E-state index contributed by atoms with van der Waals surface area (Å²) in [6, 6.07) is 0. The van der Waals surface area contributed by atoms with E-state index in [0.717, 1.165) is 38.5 Å². The van der Waals surface area contributed by atoms with Crippen molar-refractivity contribution < 1.29 is 32.1 Å². The first-order valence-corrected chi connectivity index (χ1v) is 30.9. The molecule has 0 rings (SSSR count). The van der Waals surface area contributed by atoms with Crippen LogP contribution in [0.15, 0.2) is 0 Å². The maximum absolute atomic E-state index is 13.3. The first-order valence-electron chi connectivity index (χ1n) is 29.2. The molecule has 8 heteroatoms. The average molecular weight is 938 g/mol. The molecule has 0 aliphatic heterocycles. The predicted octanol–water partition coefficient (Wildman–Crippen LogP) is 19.3. The lowest BCUT2D eigenvalue weighted by Crippen LogP contribution is -2.53. The van der Waals surface area contributed by atoms with E-state index in [9.17, 15) is 14.4 Å². The van der Waals surface area contributed by atoms with Crippen LogP contribution in [0.2, 0.25) is 0 Å². The summed E-state index contributed by atoms with van der Waals surface area (Å²) in [5.74, 6) is -1.54. The average Bonchev–Trinajstić information content (AvgIpc) is 3.29. The molecule has 0 heterocycles. The number of unbranched alkanes of at least 4 members (excludes halogenated alkanes) is 42. The van der Waals surface area contributed by atoms with Gasteiger partial charge in [0.25, 0.3) is 17.9 Å². The molecular weight excluding hydrogens is 825 g/mol. The molecule has 65 heavy (non-hydrogen) atoms. The van der Waals surface area contributed by atoms with Crippen LogP contribution in [0.1, 0.15) is 342 Å². The molecule has 0 fully saturated rings. The maximum atomic E-state index is 13.3. The summed E-state index contributed by atoms with van der Waals surface area (Å²) >= 11 is 0. The van der Waals surface area contributed by atoms with Crippen molar-refractivity contribution in [3.05, 3.63) is 0 Å². The molecule has 0 aromatic rings. The van der Waals surface area contributed by atoms with Gasteiger partial charge in [-0.2, -0.15) is 0 Å². The van der Waals surface area contributed by atoms with Crippen molar-refractivity contribution in [3.8, 4) is 0 Å². The van der Waals surface area contributed by atoms with Crippen LogP contribution in [0, 0.1) is 0 Å². The molecule has 0 amide bonds. The molecule has 0 saturated carbocycles. The Balaban J connectivity index is 4.77. The van der Waals surface area contributed by atoms with Gasteiger partial charge in [0, 0.05) is 25.9 Å². The third kappa shape index (κ3) is 47.4. The van der Waals surface area contributed by atoms with E-state index in [1.807, 2.05) is 6.92 Å². The Morgan fingerprint density at radius 2 is 0.415 bits per heavy atom. The molecule has 7 nitrogen and oxygen atoms in total. The predicted molar refractivity (Wildman–Crippen MR) is 279 cm³/mol. The molecule has 0 aromatic heterocycles. The summed E-state index contributed by atoms with van der Waals surface area (Å²) in [7, 11) is -4.38. The second-order valence-electron chi connectivity index (χ2n) is 19.9. The fourth-order valence-corrected chi connectivity index (χ4v) is 10.8. The minimum absolute atomic E-state index is 0.178. The Bertz CT molecular complexity index is 889. The SMILES string of the molecule is CCCCCCCCCCCCCCCCCC(=O)O[Si](OCCC)(OC(=O)CCCCCCCCCCCCCCCCC)OC(=O)CCCCCCCCCCCCCCCCC. The van der Waals surface area contributed by atoms with E-state index in [1.165, 1.54) is 231 Å². The van der Waals surface area contributed by atoms with Gasteiger partial charge in [-0.1, -0.05) is 297 Å². The second-order valence-corrected chi connectivity index (χ2v) is 21.8. The lowest BCUT2D eigenvalue weighted by Gasteiger charge is -2.26. The monoisotopic (exact) mass is 937 g/mol. The topological polar surface area (TPSA) is 88.1 Å². The third-order valence-corrected chi connectivity index (χ3v) is 15.1. The molecule has 386 valence electrons. The van der Waals surface area contributed by atoms with Crippen LogP contribution >= 0.6 is 0 Å². The second kappa shape index (κ2) is 52.0. The summed E-state index contributed by atoms with van der Waals surface area (Å²) in [6.07, 6.45) is 57.3. The van der Waals surface area contributed by atoms with Crippen molar-refractivity contribution in [2.24, 2.45) is 0 Å². The summed E-state index contributed by atoms with van der Waals surface area (Å²) < 4.78 is 23.5. The van der Waals surface area contributed by atoms with Gasteiger partial charge < -0.3 is 17.7 Å². The number of rotatable bonds is 54. The van der Waals surface area contributed by atoms with Gasteiger partial charge in [0.15, 0.2) is 0 Å². The Morgan fingerprint density at radius 1 is 0.246 bits per heavy atom. The minimum Gasteiger partial charge on any atom is -0.433 e. The van der Waals surface area contributed by atoms with Crippen molar-refractivity contribution >= 4 is 27.0 Å². The quantitative estimate of drug-likeness (QED) is 0.0443. The molecule has 0 saturated heterocycles. The van der Waals surface area contributed by atoms with E-state index in [1.54, 1.807) is 0 Å². The van der Waals surface area contributed by atoms with Crippen molar-refractivity contribution in [2.45, 2.75) is 342 Å². The molecule has 0 radical (unpaired) electrons. The number of carbonyl (C=O) groups excluding carboxylic acids is 3. The fraction of sp³-hybridized carbons (Fsp3) is 0.947. The zero-order valence-corrected chi connectivity index (χ0v) is 45.2. The molecule has 0 aromatic carbocycles. The van der Waals surface area contributed by atoms with Crippen LogP contribution in [0.25, 0.3) is 0 Å². The lowest BCUT2D eigenvalue weighted by atomic mass is 10.0. The van der Waals surface area contributed by atoms with Crippen LogP contribution in [0.5, 0.6) is 0 Å². The first-order chi connectivity index (χ1) is 31.9. The van der Waals surface area contributed by atoms with Gasteiger partial charge in [-0.05, 0) is 25.7 Å². The molecule has 0 spiro atoms. The largest absolute Gasteiger partial charge is 0.899 e. The third-order valence-electron chi connectivity index (χ3n) is 13.2. The van der Waals surface area contributed by atoms with Crippen molar-refractivity contribution in [3.63, 3.8) is 0 Å². The molecular formula is C57H112O7Si. The number of hydrogen-bond donors (Lipinski definition) is 0. The van der Waals surface area contributed by atoms with Crippen molar-refractivity contribution in [1.29, 1.82) is 0 Å². The summed E-state index contributed by atoms with van der Waals surface area (Å²) in [6.45, 7) is 8.93. The van der Waals surface area contributed by atoms with E-state index in [-0.39, 0.29) is 25.9 Å². The highest BCUT2D eigenvalue weighted by atomic mass is 28.4. The fourth-order valence-electron chi connectivity index (χ4n) is 8.87. The Hall–Kier alpha value is -1.41. The Labute approximate surface area is 406 Å². The van der Waals surface area contributed by atoms with Crippen LogP contribution in [-0.4, -0.2) is 33.6 Å². The minimum atomic E-state index is -4.38. The Kier molecular flexibility index (Phi) is 50.8. The first kappa shape index (κ1) is 63.6. The maximum Gasteiger partial charge on any atom is 0.899 e. The molecule has 0 aliphatic carbocycles. The highest BCUT2D eigenvalue weighted by Crippen LogP contribution is 2.21. The van der Waals surface area contributed by atoms with Gasteiger partial charge in [0.2, 0.25) is 0 Å². The summed E-state index contributed by atoms with van der Waals surface area (Å²) in [5, 5.41) is 0. The van der Waals surface area contributed by atoms with Gasteiger partial charge in [0.05, 0.1) is 0 Å².